The van der Waals surface area contributed by atoms with Gasteiger partial charge in [0.15, 0.2) is 6.61 Å². The van der Waals surface area contributed by atoms with Crippen LogP contribution in [0.2, 0.25) is 0 Å². The predicted octanol–water partition coefficient (Wildman–Crippen LogP) is 1.16. The molecule has 7 heteroatoms. The number of rotatable bonds is 7. The fourth-order valence-corrected chi connectivity index (χ4v) is 1.63. The zero-order chi connectivity index (χ0) is 15.8. The van der Waals surface area contributed by atoms with E-state index in [0.717, 1.165) is 0 Å². The SMILES string of the molecule is CC(=O)Nc1ccccc1OCC(=O)N(C)CCC(N)=S. The first kappa shape index (κ1) is 16.9. The Morgan fingerprint density at radius 1 is 1.38 bits per heavy atom. The average Bonchev–Trinajstić information content (AvgIpc) is 2.42. The first-order valence-corrected chi connectivity index (χ1v) is 6.82. The highest BCUT2D eigenvalue weighted by atomic mass is 32.1. The van der Waals surface area contributed by atoms with Crippen LogP contribution in [0.15, 0.2) is 24.3 Å². The van der Waals surface area contributed by atoms with Crippen LogP contribution in [0.3, 0.4) is 0 Å². The van der Waals surface area contributed by atoms with E-state index in [1.54, 1.807) is 31.3 Å². The third-order valence-corrected chi connectivity index (χ3v) is 2.87. The summed E-state index contributed by atoms with van der Waals surface area (Å²) in [5, 5.41) is 2.64. The van der Waals surface area contributed by atoms with Crippen molar-refractivity contribution < 1.29 is 14.3 Å². The summed E-state index contributed by atoms with van der Waals surface area (Å²) >= 11 is 4.77. The van der Waals surface area contributed by atoms with Crippen molar-refractivity contribution in [3.8, 4) is 5.75 Å². The lowest BCUT2D eigenvalue weighted by Gasteiger charge is -2.18. The summed E-state index contributed by atoms with van der Waals surface area (Å²) < 4.78 is 5.46. The number of hydrogen-bond acceptors (Lipinski definition) is 4. The molecule has 0 unspecified atom stereocenters. The molecule has 0 spiro atoms. The molecule has 0 fully saturated rings. The molecule has 114 valence electrons. The van der Waals surface area contributed by atoms with Crippen LogP contribution in [0.5, 0.6) is 5.75 Å². The molecular formula is C14H19N3O3S. The van der Waals surface area contributed by atoms with E-state index in [1.807, 2.05) is 0 Å². The molecule has 1 rings (SSSR count). The molecule has 21 heavy (non-hydrogen) atoms. The molecule has 0 heterocycles. The van der Waals surface area contributed by atoms with Crippen molar-refractivity contribution in [3.05, 3.63) is 24.3 Å². The third-order valence-electron chi connectivity index (χ3n) is 2.67. The molecule has 3 N–H and O–H groups in total. The summed E-state index contributed by atoms with van der Waals surface area (Å²) in [5.41, 5.74) is 5.93. The van der Waals surface area contributed by atoms with Crippen LogP contribution in [0.1, 0.15) is 13.3 Å². The van der Waals surface area contributed by atoms with E-state index in [0.29, 0.717) is 29.4 Å². The number of carbonyl (C=O) groups is 2. The van der Waals surface area contributed by atoms with Crippen LogP contribution in [0.4, 0.5) is 5.69 Å². The second-order valence-corrected chi connectivity index (χ2v) is 5.02. The Balaban J connectivity index is 2.56. The summed E-state index contributed by atoms with van der Waals surface area (Å²) in [6, 6.07) is 6.93. The van der Waals surface area contributed by atoms with Gasteiger partial charge in [-0.15, -0.1) is 0 Å². The van der Waals surface area contributed by atoms with Gasteiger partial charge in [0.25, 0.3) is 5.91 Å². The van der Waals surface area contributed by atoms with E-state index in [4.69, 9.17) is 22.7 Å². The normalized spacial score (nSPS) is 9.81. The number of nitrogens with zero attached hydrogens (tertiary/aromatic N) is 1. The molecular weight excluding hydrogens is 290 g/mol. The molecule has 0 bridgehead atoms. The Hall–Kier alpha value is -2.15. The Kier molecular flexibility index (Phi) is 6.61. The Morgan fingerprint density at radius 2 is 2.05 bits per heavy atom. The van der Waals surface area contributed by atoms with Gasteiger partial charge >= 0.3 is 0 Å². The number of ether oxygens (including phenoxy) is 1. The molecule has 0 atom stereocenters. The van der Waals surface area contributed by atoms with Crippen molar-refractivity contribution in [1.82, 2.24) is 4.90 Å². The van der Waals surface area contributed by atoms with Crippen LogP contribution in [-0.4, -0.2) is 41.9 Å². The second-order valence-electron chi connectivity index (χ2n) is 4.50. The number of thiocarbonyl (C=S) groups is 1. The van der Waals surface area contributed by atoms with Crippen LogP contribution in [0, 0.1) is 0 Å². The van der Waals surface area contributed by atoms with Crippen LogP contribution < -0.4 is 15.8 Å². The molecule has 1 aromatic rings. The first-order valence-electron chi connectivity index (χ1n) is 6.42. The van der Waals surface area contributed by atoms with E-state index in [-0.39, 0.29) is 18.4 Å². The Morgan fingerprint density at radius 3 is 2.67 bits per heavy atom. The first-order chi connectivity index (χ1) is 9.90. The van der Waals surface area contributed by atoms with Gasteiger partial charge < -0.3 is 20.7 Å². The van der Waals surface area contributed by atoms with Crippen LogP contribution in [0.25, 0.3) is 0 Å². The average molecular weight is 309 g/mol. The number of nitrogens with one attached hydrogen (secondary N) is 1. The molecule has 0 aromatic heterocycles. The van der Waals surface area contributed by atoms with Crippen molar-refractivity contribution >= 4 is 34.7 Å². The van der Waals surface area contributed by atoms with Gasteiger partial charge in [-0.05, 0) is 12.1 Å². The lowest BCUT2D eigenvalue weighted by Crippen LogP contribution is -2.33. The summed E-state index contributed by atoms with van der Waals surface area (Å²) in [6.45, 7) is 1.74. The van der Waals surface area contributed by atoms with Crippen molar-refractivity contribution in [2.24, 2.45) is 5.73 Å². The van der Waals surface area contributed by atoms with Crippen LogP contribution in [-0.2, 0) is 9.59 Å². The van der Waals surface area contributed by atoms with Gasteiger partial charge in [-0.1, -0.05) is 24.4 Å². The molecule has 6 nitrogen and oxygen atoms in total. The van der Waals surface area contributed by atoms with Gasteiger partial charge in [0.05, 0.1) is 10.7 Å². The Bertz CT molecular complexity index is 534. The monoisotopic (exact) mass is 309 g/mol. The maximum atomic E-state index is 11.9. The standard InChI is InChI=1S/C14H19N3O3S/c1-10(18)16-11-5-3-4-6-12(11)20-9-14(19)17(2)8-7-13(15)21/h3-6H,7-9H2,1-2H3,(H2,15,21)(H,16,18). The number of carbonyl (C=O) groups excluding carboxylic acids is 2. The van der Waals surface area contributed by atoms with Gasteiger partial charge in [-0.25, -0.2) is 0 Å². The fraction of sp³-hybridized carbons (Fsp3) is 0.357. The maximum Gasteiger partial charge on any atom is 0.260 e. The quantitative estimate of drug-likeness (QED) is 0.738. The highest BCUT2D eigenvalue weighted by Gasteiger charge is 2.11. The second kappa shape index (κ2) is 8.21. The van der Waals surface area contributed by atoms with Gasteiger partial charge in [0.2, 0.25) is 5.91 Å². The van der Waals surface area contributed by atoms with E-state index >= 15 is 0 Å². The highest BCUT2D eigenvalue weighted by molar-refractivity contribution is 7.80. The van der Waals surface area contributed by atoms with Crippen molar-refractivity contribution in [2.75, 3.05) is 25.5 Å². The summed E-state index contributed by atoms with van der Waals surface area (Å²) in [7, 11) is 1.66. The van der Waals surface area contributed by atoms with Gasteiger partial charge in [-0.2, -0.15) is 0 Å². The zero-order valence-corrected chi connectivity index (χ0v) is 12.9. The number of amides is 2. The number of nitrogens with two attached hydrogens (primary N) is 1. The fourth-order valence-electron chi connectivity index (χ4n) is 1.54. The molecule has 0 saturated carbocycles. The largest absolute Gasteiger partial charge is 0.482 e. The highest BCUT2D eigenvalue weighted by Crippen LogP contribution is 2.23. The summed E-state index contributed by atoms with van der Waals surface area (Å²) in [4.78, 5) is 24.9. The van der Waals surface area contributed by atoms with E-state index in [2.05, 4.69) is 5.32 Å². The van der Waals surface area contributed by atoms with Gasteiger partial charge in [0.1, 0.15) is 5.75 Å². The molecule has 2 amide bonds. The van der Waals surface area contributed by atoms with Crippen molar-refractivity contribution in [1.29, 1.82) is 0 Å². The lowest BCUT2D eigenvalue weighted by atomic mass is 10.3. The zero-order valence-electron chi connectivity index (χ0n) is 12.1. The molecule has 0 aliphatic carbocycles. The van der Waals surface area contributed by atoms with Crippen molar-refractivity contribution in [2.45, 2.75) is 13.3 Å². The molecule has 0 aliphatic rings. The van der Waals surface area contributed by atoms with E-state index in [9.17, 15) is 9.59 Å². The molecule has 0 aliphatic heterocycles. The number of hydrogen-bond donors (Lipinski definition) is 2. The minimum Gasteiger partial charge on any atom is -0.482 e. The van der Waals surface area contributed by atoms with Crippen LogP contribution >= 0.6 is 12.2 Å². The number of anilines is 1. The lowest BCUT2D eigenvalue weighted by molar-refractivity contribution is -0.131. The topological polar surface area (TPSA) is 84.7 Å². The summed E-state index contributed by atoms with van der Waals surface area (Å²) in [5.74, 6) is 0.0543. The van der Waals surface area contributed by atoms with E-state index in [1.165, 1.54) is 11.8 Å². The molecule has 0 saturated heterocycles. The minimum absolute atomic E-state index is 0.121. The third kappa shape index (κ3) is 6.22. The summed E-state index contributed by atoms with van der Waals surface area (Å²) in [6.07, 6.45) is 0.472. The predicted molar refractivity (Wildman–Crippen MR) is 85.3 cm³/mol. The van der Waals surface area contributed by atoms with Crippen molar-refractivity contribution in [3.63, 3.8) is 0 Å². The van der Waals surface area contributed by atoms with Gasteiger partial charge in [0, 0.05) is 26.9 Å². The molecule has 1 aromatic carbocycles. The number of para-hydroxylation sites is 2. The Labute approximate surface area is 129 Å². The minimum atomic E-state index is -0.203. The van der Waals surface area contributed by atoms with Gasteiger partial charge in [-0.3, -0.25) is 9.59 Å². The number of benzene rings is 1. The van der Waals surface area contributed by atoms with E-state index < -0.39 is 0 Å². The maximum absolute atomic E-state index is 11.9. The molecule has 0 radical (unpaired) electrons. The number of likely N-dealkylation sites (N-methyl/N-ethyl adjacent to an activating group) is 1. The smallest absolute Gasteiger partial charge is 0.260 e.